The molecular formula is C9H12N4O2. The van der Waals surface area contributed by atoms with Gasteiger partial charge in [-0.1, -0.05) is 12.2 Å². The molecule has 4 N–H and O–H groups in total. The van der Waals surface area contributed by atoms with Crippen LogP contribution in [0, 0.1) is 5.92 Å². The van der Waals surface area contributed by atoms with E-state index in [0.717, 1.165) is 0 Å². The number of aromatic nitrogens is 3. The van der Waals surface area contributed by atoms with Crippen LogP contribution in [-0.4, -0.2) is 26.3 Å². The second kappa shape index (κ2) is 3.72. The van der Waals surface area contributed by atoms with Gasteiger partial charge in [0.05, 0.1) is 5.92 Å². The van der Waals surface area contributed by atoms with E-state index in [0.29, 0.717) is 18.7 Å². The van der Waals surface area contributed by atoms with Crippen molar-refractivity contribution in [2.24, 2.45) is 5.92 Å². The largest absolute Gasteiger partial charge is 0.481 e. The molecular weight excluding hydrogens is 196 g/mol. The molecule has 6 nitrogen and oxygen atoms in total. The summed E-state index contributed by atoms with van der Waals surface area (Å²) in [6.07, 6.45) is 5.03. The van der Waals surface area contributed by atoms with Crippen LogP contribution in [0.15, 0.2) is 12.2 Å². The summed E-state index contributed by atoms with van der Waals surface area (Å²) in [6, 6.07) is 0. The first kappa shape index (κ1) is 9.70. The van der Waals surface area contributed by atoms with Crippen molar-refractivity contribution in [3.05, 3.63) is 18.0 Å². The van der Waals surface area contributed by atoms with E-state index in [4.69, 9.17) is 10.8 Å². The van der Waals surface area contributed by atoms with Crippen LogP contribution < -0.4 is 5.73 Å². The second-order valence-corrected chi connectivity index (χ2v) is 3.57. The Hall–Kier alpha value is -1.85. The van der Waals surface area contributed by atoms with Crippen molar-refractivity contribution in [3.63, 3.8) is 0 Å². The predicted molar refractivity (Wildman–Crippen MR) is 53.0 cm³/mol. The lowest BCUT2D eigenvalue weighted by atomic mass is 9.82. The van der Waals surface area contributed by atoms with E-state index in [1.54, 1.807) is 0 Å². The van der Waals surface area contributed by atoms with E-state index in [2.05, 4.69) is 15.2 Å². The van der Waals surface area contributed by atoms with E-state index in [1.165, 1.54) is 0 Å². The highest BCUT2D eigenvalue weighted by molar-refractivity contribution is 5.71. The maximum Gasteiger partial charge on any atom is 0.307 e. The Morgan fingerprint density at radius 2 is 2.27 bits per heavy atom. The van der Waals surface area contributed by atoms with Crippen molar-refractivity contribution in [3.8, 4) is 0 Å². The lowest BCUT2D eigenvalue weighted by Gasteiger charge is -2.22. The molecule has 2 atom stereocenters. The molecule has 1 aromatic rings. The van der Waals surface area contributed by atoms with Crippen LogP contribution in [0.3, 0.4) is 0 Å². The van der Waals surface area contributed by atoms with E-state index in [1.807, 2.05) is 12.2 Å². The van der Waals surface area contributed by atoms with Gasteiger partial charge in [0.15, 0.2) is 0 Å². The number of aliphatic carboxylic acids is 1. The van der Waals surface area contributed by atoms with Crippen molar-refractivity contribution < 1.29 is 9.90 Å². The van der Waals surface area contributed by atoms with Gasteiger partial charge in [-0.15, -0.1) is 5.10 Å². The summed E-state index contributed by atoms with van der Waals surface area (Å²) in [4.78, 5) is 15.0. The summed E-state index contributed by atoms with van der Waals surface area (Å²) in [6.45, 7) is 0. The van der Waals surface area contributed by atoms with Gasteiger partial charge in [-0.25, -0.2) is 0 Å². The van der Waals surface area contributed by atoms with Crippen LogP contribution in [0.2, 0.25) is 0 Å². The summed E-state index contributed by atoms with van der Waals surface area (Å²) >= 11 is 0. The Balaban J connectivity index is 2.26. The van der Waals surface area contributed by atoms with E-state index in [-0.39, 0.29) is 11.9 Å². The predicted octanol–water partition coefficient (Wildman–Crippen LogP) is 0.521. The molecule has 15 heavy (non-hydrogen) atoms. The van der Waals surface area contributed by atoms with Crippen LogP contribution in [0.1, 0.15) is 24.6 Å². The third-order valence-electron chi connectivity index (χ3n) is 2.62. The molecule has 0 saturated heterocycles. The minimum Gasteiger partial charge on any atom is -0.481 e. The minimum absolute atomic E-state index is 0.155. The molecule has 0 saturated carbocycles. The summed E-state index contributed by atoms with van der Waals surface area (Å²) < 4.78 is 0. The molecule has 0 aromatic carbocycles. The number of hydrogen-bond donors (Lipinski definition) is 3. The van der Waals surface area contributed by atoms with E-state index in [9.17, 15) is 4.79 Å². The number of nitrogen functional groups attached to an aromatic ring is 1. The van der Waals surface area contributed by atoms with Gasteiger partial charge in [-0.2, -0.15) is 4.98 Å². The first-order valence-corrected chi connectivity index (χ1v) is 4.74. The molecule has 0 aliphatic heterocycles. The molecule has 0 amide bonds. The highest BCUT2D eigenvalue weighted by Crippen LogP contribution is 2.32. The molecule has 1 aliphatic rings. The summed E-state index contributed by atoms with van der Waals surface area (Å²) in [7, 11) is 0. The smallest absolute Gasteiger partial charge is 0.307 e. The fourth-order valence-electron chi connectivity index (χ4n) is 1.84. The number of hydrogen-bond acceptors (Lipinski definition) is 4. The van der Waals surface area contributed by atoms with Crippen molar-refractivity contribution in [1.29, 1.82) is 0 Å². The number of carboxylic acids is 1. The first-order chi connectivity index (χ1) is 7.18. The number of nitrogens with two attached hydrogens (primary N) is 1. The maximum absolute atomic E-state index is 11.0. The third kappa shape index (κ3) is 1.83. The van der Waals surface area contributed by atoms with Crippen molar-refractivity contribution in [2.75, 3.05) is 5.73 Å². The molecule has 0 unspecified atom stereocenters. The van der Waals surface area contributed by atoms with Crippen molar-refractivity contribution in [2.45, 2.75) is 18.8 Å². The molecule has 6 heteroatoms. The molecule has 0 radical (unpaired) electrons. The Bertz CT molecular complexity index is 399. The summed E-state index contributed by atoms with van der Waals surface area (Å²) in [5.74, 6) is -0.688. The topological polar surface area (TPSA) is 105 Å². The fourth-order valence-corrected chi connectivity index (χ4v) is 1.84. The minimum atomic E-state index is -0.806. The summed E-state index contributed by atoms with van der Waals surface area (Å²) in [5, 5.41) is 15.4. The number of nitrogens with zero attached hydrogens (tertiary/aromatic N) is 2. The maximum atomic E-state index is 11.0. The van der Waals surface area contributed by atoms with Gasteiger partial charge in [-0.05, 0) is 12.8 Å². The molecule has 1 aromatic heterocycles. The van der Waals surface area contributed by atoms with E-state index >= 15 is 0 Å². The number of carbonyl (C=O) groups is 1. The Kier molecular flexibility index (Phi) is 2.40. The van der Waals surface area contributed by atoms with Crippen molar-refractivity contribution >= 4 is 11.9 Å². The fraction of sp³-hybridized carbons (Fsp3) is 0.444. The zero-order chi connectivity index (χ0) is 10.8. The number of aromatic amines is 1. The van der Waals surface area contributed by atoms with Crippen LogP contribution in [0.4, 0.5) is 5.95 Å². The lowest BCUT2D eigenvalue weighted by Crippen LogP contribution is -2.24. The number of nitrogens with one attached hydrogen (secondary N) is 1. The number of H-pyrrole nitrogens is 1. The molecule has 2 rings (SSSR count). The highest BCUT2D eigenvalue weighted by Gasteiger charge is 2.31. The number of carboxylic acid groups (broad SMARTS) is 1. The van der Waals surface area contributed by atoms with Gasteiger partial charge in [0.25, 0.3) is 0 Å². The monoisotopic (exact) mass is 208 g/mol. The average molecular weight is 208 g/mol. The van der Waals surface area contributed by atoms with E-state index < -0.39 is 11.9 Å². The first-order valence-electron chi connectivity index (χ1n) is 4.74. The highest BCUT2D eigenvalue weighted by atomic mass is 16.4. The normalized spacial score (nSPS) is 25.3. The van der Waals surface area contributed by atoms with Crippen LogP contribution in [-0.2, 0) is 4.79 Å². The van der Waals surface area contributed by atoms with Crippen LogP contribution in [0.25, 0.3) is 0 Å². The van der Waals surface area contributed by atoms with Gasteiger partial charge in [-0.3, -0.25) is 9.89 Å². The van der Waals surface area contributed by atoms with Crippen molar-refractivity contribution in [1.82, 2.24) is 15.2 Å². The molecule has 1 aliphatic carbocycles. The summed E-state index contributed by atoms with van der Waals surface area (Å²) in [5.41, 5.74) is 5.39. The zero-order valence-corrected chi connectivity index (χ0v) is 8.05. The van der Waals surface area contributed by atoms with Gasteiger partial charge in [0.2, 0.25) is 5.95 Å². The Morgan fingerprint density at radius 1 is 1.53 bits per heavy atom. The molecule has 0 spiro atoms. The van der Waals surface area contributed by atoms with Gasteiger partial charge >= 0.3 is 5.97 Å². The second-order valence-electron chi connectivity index (χ2n) is 3.57. The lowest BCUT2D eigenvalue weighted by molar-refractivity contribution is -0.142. The van der Waals surface area contributed by atoms with Gasteiger partial charge < -0.3 is 10.8 Å². The van der Waals surface area contributed by atoms with Crippen LogP contribution >= 0.6 is 0 Å². The quantitative estimate of drug-likeness (QED) is 0.614. The standard InChI is InChI=1S/C9H12N4O2/c10-9-11-7(12-13-9)5-3-1-2-4-6(5)8(14)15/h1-2,5-6H,3-4H2,(H,14,15)(H3,10,11,12,13)/t5-,6+/m1/s1. The van der Waals surface area contributed by atoms with Crippen LogP contribution in [0.5, 0.6) is 0 Å². The molecule has 0 bridgehead atoms. The Morgan fingerprint density at radius 3 is 2.87 bits per heavy atom. The third-order valence-corrected chi connectivity index (χ3v) is 2.62. The number of allylic oxidation sites excluding steroid dienone is 2. The number of anilines is 1. The molecule has 0 fully saturated rings. The Labute approximate surface area is 86.2 Å². The number of rotatable bonds is 2. The average Bonchev–Trinajstić information content (AvgIpc) is 2.65. The zero-order valence-electron chi connectivity index (χ0n) is 8.05. The molecule has 1 heterocycles. The van der Waals surface area contributed by atoms with Gasteiger partial charge in [0, 0.05) is 5.92 Å². The van der Waals surface area contributed by atoms with Gasteiger partial charge in [0.1, 0.15) is 5.82 Å². The SMILES string of the molecule is Nc1n[nH]c([C@@H]2CC=CC[C@@H]2C(=O)O)n1. The molecule has 80 valence electrons.